The van der Waals surface area contributed by atoms with Gasteiger partial charge in [0, 0.05) is 18.8 Å². The van der Waals surface area contributed by atoms with E-state index in [0.29, 0.717) is 19.8 Å². The van der Waals surface area contributed by atoms with Crippen molar-refractivity contribution in [3.05, 3.63) is 12.2 Å². The second-order valence-corrected chi connectivity index (χ2v) is 5.02. The van der Waals surface area contributed by atoms with Crippen molar-refractivity contribution in [2.75, 3.05) is 46.2 Å². The molecule has 0 N–H and O–H groups in total. The lowest BCUT2D eigenvalue weighted by molar-refractivity contribution is -0.158. The first-order chi connectivity index (χ1) is 12.0. The lowest BCUT2D eigenvalue weighted by Crippen LogP contribution is -2.20. The monoisotopic (exact) mass is 360 g/mol. The first-order valence-electron chi connectivity index (χ1n) is 8.32. The number of carbonyl (C=O) groups is 3. The molecule has 0 saturated heterocycles. The van der Waals surface area contributed by atoms with Gasteiger partial charge in [0.2, 0.25) is 0 Å². The Bertz CT molecular complexity index is 419. The van der Waals surface area contributed by atoms with Crippen molar-refractivity contribution >= 4 is 17.9 Å². The van der Waals surface area contributed by atoms with E-state index in [1.165, 1.54) is 0 Å². The van der Waals surface area contributed by atoms with Crippen LogP contribution in [0, 0.1) is 0 Å². The zero-order valence-electron chi connectivity index (χ0n) is 15.0. The van der Waals surface area contributed by atoms with Crippen molar-refractivity contribution < 1.29 is 38.1 Å². The number of ether oxygens (including phenoxy) is 5. The van der Waals surface area contributed by atoms with Gasteiger partial charge in [-0.3, -0.25) is 4.79 Å². The maximum atomic E-state index is 11.6. The van der Waals surface area contributed by atoms with Gasteiger partial charge in [0.1, 0.15) is 13.2 Å². The topological polar surface area (TPSA) is 97.4 Å². The van der Waals surface area contributed by atoms with Crippen LogP contribution >= 0.6 is 0 Å². The maximum absolute atomic E-state index is 11.6. The number of hydrogen-bond acceptors (Lipinski definition) is 8. The van der Waals surface area contributed by atoms with Crippen LogP contribution in [0.25, 0.3) is 0 Å². The molecule has 8 nitrogen and oxygen atoms in total. The summed E-state index contributed by atoms with van der Waals surface area (Å²) in [7, 11) is 0. The summed E-state index contributed by atoms with van der Waals surface area (Å²) in [6.07, 6.45) is 1.44. The van der Waals surface area contributed by atoms with Gasteiger partial charge in [0.05, 0.1) is 19.6 Å². The lowest BCUT2D eigenvalue weighted by Gasteiger charge is -2.08. The summed E-state index contributed by atoms with van der Waals surface area (Å²) in [5.74, 6) is -2.16. The van der Waals surface area contributed by atoms with Crippen LogP contribution in [0.15, 0.2) is 12.2 Å². The Balaban J connectivity index is 3.78. The molecule has 0 unspecified atom stereocenters. The molecule has 0 aliphatic heterocycles. The molecule has 0 heterocycles. The summed E-state index contributed by atoms with van der Waals surface area (Å²) in [5, 5.41) is 0. The molecule has 0 saturated carbocycles. The molecular weight excluding hydrogens is 332 g/mol. The normalized spacial score (nSPS) is 10.2. The highest BCUT2D eigenvalue weighted by atomic mass is 16.6. The van der Waals surface area contributed by atoms with Gasteiger partial charge in [0.25, 0.3) is 0 Å². The molecule has 0 aliphatic rings. The fraction of sp³-hybridized carbons (Fsp3) is 0.706. The molecule has 0 bridgehead atoms. The van der Waals surface area contributed by atoms with Gasteiger partial charge < -0.3 is 23.7 Å². The van der Waals surface area contributed by atoms with E-state index >= 15 is 0 Å². The third-order valence-electron chi connectivity index (χ3n) is 2.65. The summed E-state index contributed by atoms with van der Waals surface area (Å²) in [6, 6.07) is 0. The minimum Gasteiger partial charge on any atom is -0.463 e. The number of carbonyl (C=O) groups excluding carboxylic acids is 3. The summed E-state index contributed by atoms with van der Waals surface area (Å²) in [6.45, 7) is 8.79. The first-order valence-corrected chi connectivity index (χ1v) is 8.32. The van der Waals surface area contributed by atoms with Gasteiger partial charge in [-0.25, -0.2) is 9.59 Å². The molecule has 0 aromatic carbocycles. The average molecular weight is 360 g/mol. The van der Waals surface area contributed by atoms with E-state index in [1.54, 1.807) is 0 Å². The Hall–Kier alpha value is -1.93. The Kier molecular flexibility index (Phi) is 14.4. The van der Waals surface area contributed by atoms with Crippen LogP contribution in [-0.4, -0.2) is 64.2 Å². The van der Waals surface area contributed by atoms with Crippen LogP contribution in [-0.2, 0) is 38.1 Å². The van der Waals surface area contributed by atoms with Gasteiger partial charge in [-0.05, 0) is 12.8 Å². The van der Waals surface area contributed by atoms with Crippen molar-refractivity contribution in [1.29, 1.82) is 0 Å². The van der Waals surface area contributed by atoms with Gasteiger partial charge >= 0.3 is 17.9 Å². The molecule has 0 aromatic rings. The Morgan fingerprint density at radius 3 is 1.76 bits per heavy atom. The minimum absolute atomic E-state index is 0.0871. The van der Waals surface area contributed by atoms with E-state index in [2.05, 4.69) is 6.58 Å². The van der Waals surface area contributed by atoms with E-state index in [9.17, 15) is 14.4 Å². The number of hydrogen-bond donors (Lipinski definition) is 0. The highest BCUT2D eigenvalue weighted by Crippen LogP contribution is 2.03. The third kappa shape index (κ3) is 14.1. The molecule has 0 spiro atoms. The largest absolute Gasteiger partial charge is 0.463 e. The molecule has 0 amide bonds. The second-order valence-electron chi connectivity index (χ2n) is 5.02. The summed E-state index contributed by atoms with van der Waals surface area (Å²) in [4.78, 5) is 34.5. The SMILES string of the molecule is C=C(CC(=O)OCCOCCC)C(=O)OCC(=O)OCCOCCC. The predicted molar refractivity (Wildman–Crippen MR) is 88.9 cm³/mol. The van der Waals surface area contributed by atoms with E-state index in [4.69, 9.17) is 23.7 Å². The second kappa shape index (κ2) is 15.6. The van der Waals surface area contributed by atoms with Crippen LogP contribution in [0.3, 0.4) is 0 Å². The fourth-order valence-corrected chi connectivity index (χ4v) is 1.49. The maximum Gasteiger partial charge on any atom is 0.344 e. The van der Waals surface area contributed by atoms with Crippen molar-refractivity contribution in [1.82, 2.24) is 0 Å². The molecule has 0 aliphatic carbocycles. The van der Waals surface area contributed by atoms with Crippen LogP contribution < -0.4 is 0 Å². The minimum atomic E-state index is -0.849. The van der Waals surface area contributed by atoms with Crippen molar-refractivity contribution in [3.8, 4) is 0 Å². The highest BCUT2D eigenvalue weighted by molar-refractivity contribution is 5.94. The van der Waals surface area contributed by atoms with Gasteiger partial charge in [-0.2, -0.15) is 0 Å². The molecule has 144 valence electrons. The highest BCUT2D eigenvalue weighted by Gasteiger charge is 2.16. The van der Waals surface area contributed by atoms with E-state index in [1.807, 2.05) is 13.8 Å². The first kappa shape index (κ1) is 23.1. The smallest absolute Gasteiger partial charge is 0.344 e. The van der Waals surface area contributed by atoms with Crippen LogP contribution in [0.1, 0.15) is 33.1 Å². The number of rotatable bonds is 15. The van der Waals surface area contributed by atoms with Crippen molar-refractivity contribution in [2.24, 2.45) is 0 Å². The third-order valence-corrected chi connectivity index (χ3v) is 2.65. The average Bonchev–Trinajstić information content (AvgIpc) is 2.59. The summed E-state index contributed by atoms with van der Waals surface area (Å²) in [5.41, 5.74) is -0.0986. The summed E-state index contributed by atoms with van der Waals surface area (Å²) >= 11 is 0. The standard InChI is InChI=1S/C17H28O8/c1-4-6-21-8-10-23-15(18)12-14(3)17(20)25-13-16(19)24-11-9-22-7-5-2/h3-13H2,1-2H3. The van der Waals surface area contributed by atoms with Crippen molar-refractivity contribution in [3.63, 3.8) is 0 Å². The van der Waals surface area contributed by atoms with E-state index in [0.717, 1.165) is 12.8 Å². The molecule has 0 rings (SSSR count). The Morgan fingerprint density at radius 1 is 0.720 bits per heavy atom. The molecule has 0 fully saturated rings. The van der Waals surface area contributed by atoms with E-state index < -0.39 is 24.5 Å². The summed E-state index contributed by atoms with van der Waals surface area (Å²) < 4.78 is 24.7. The lowest BCUT2D eigenvalue weighted by atomic mass is 10.2. The molecule has 0 aromatic heterocycles. The zero-order chi connectivity index (χ0) is 18.9. The Morgan fingerprint density at radius 2 is 1.24 bits per heavy atom. The van der Waals surface area contributed by atoms with Gasteiger partial charge in [-0.15, -0.1) is 0 Å². The predicted octanol–water partition coefficient (Wildman–Crippen LogP) is 1.42. The molecular formula is C17H28O8. The molecule has 25 heavy (non-hydrogen) atoms. The van der Waals surface area contributed by atoms with Crippen LogP contribution in [0.4, 0.5) is 0 Å². The van der Waals surface area contributed by atoms with Crippen LogP contribution in [0.5, 0.6) is 0 Å². The molecule has 8 heteroatoms. The zero-order valence-corrected chi connectivity index (χ0v) is 15.0. The van der Waals surface area contributed by atoms with Gasteiger partial charge in [0.15, 0.2) is 6.61 Å². The fourth-order valence-electron chi connectivity index (χ4n) is 1.49. The van der Waals surface area contributed by atoms with Crippen molar-refractivity contribution in [2.45, 2.75) is 33.1 Å². The quantitative estimate of drug-likeness (QED) is 0.187. The van der Waals surface area contributed by atoms with Gasteiger partial charge in [-0.1, -0.05) is 20.4 Å². The molecule has 0 radical (unpaired) electrons. The molecule has 0 atom stereocenters. The van der Waals surface area contributed by atoms with E-state index in [-0.39, 0.29) is 31.8 Å². The van der Waals surface area contributed by atoms with Crippen LogP contribution in [0.2, 0.25) is 0 Å². The number of esters is 3. The Labute approximate surface area is 148 Å².